The molecule has 2 aromatic carbocycles. The summed E-state index contributed by atoms with van der Waals surface area (Å²) in [6.07, 6.45) is 1.84. The van der Waals surface area contributed by atoms with Crippen LogP contribution in [0.1, 0.15) is 23.2 Å². The van der Waals surface area contributed by atoms with E-state index in [9.17, 15) is 18.0 Å². The van der Waals surface area contributed by atoms with Crippen molar-refractivity contribution in [3.8, 4) is 0 Å². The van der Waals surface area contributed by atoms with Crippen LogP contribution in [0.5, 0.6) is 0 Å². The van der Waals surface area contributed by atoms with Crippen molar-refractivity contribution in [1.29, 1.82) is 0 Å². The highest BCUT2D eigenvalue weighted by atomic mass is 32.2. The van der Waals surface area contributed by atoms with Gasteiger partial charge < -0.3 is 4.42 Å². The number of rotatable bonds is 5. The van der Waals surface area contributed by atoms with E-state index < -0.39 is 15.8 Å². The van der Waals surface area contributed by atoms with Crippen LogP contribution in [-0.2, 0) is 10.0 Å². The molecule has 0 aliphatic heterocycles. The molecule has 0 spiro atoms. The maximum absolute atomic E-state index is 12.5. The lowest BCUT2D eigenvalue weighted by Gasteiger charge is -2.08. The van der Waals surface area contributed by atoms with Gasteiger partial charge in [0.05, 0.1) is 10.4 Å². The Kier molecular flexibility index (Phi) is 3.50. The molecule has 0 saturated heterocycles. The SMILES string of the molecule is O=C(c1ccc(NS(=O)(=O)c2ccc3[nH]c(=O)oc3c2)cc1)C1CC1. The van der Waals surface area contributed by atoms with Gasteiger partial charge in [0.2, 0.25) is 0 Å². The van der Waals surface area contributed by atoms with Crippen LogP contribution in [0.3, 0.4) is 0 Å². The fourth-order valence-electron chi connectivity index (χ4n) is 2.59. The second-order valence-corrected chi connectivity index (χ2v) is 7.68. The average molecular weight is 358 g/mol. The molecule has 1 saturated carbocycles. The van der Waals surface area contributed by atoms with Gasteiger partial charge in [-0.25, -0.2) is 13.2 Å². The zero-order valence-corrected chi connectivity index (χ0v) is 13.8. The Balaban J connectivity index is 1.59. The number of carbonyl (C=O) groups excluding carboxylic acids is 1. The molecular weight excluding hydrogens is 344 g/mol. The molecule has 3 aromatic rings. The summed E-state index contributed by atoms with van der Waals surface area (Å²) in [5.74, 6) is -0.430. The van der Waals surface area contributed by atoms with E-state index in [4.69, 9.17) is 4.42 Å². The van der Waals surface area contributed by atoms with Crippen molar-refractivity contribution in [2.75, 3.05) is 4.72 Å². The number of H-pyrrole nitrogens is 1. The highest BCUT2D eigenvalue weighted by molar-refractivity contribution is 7.92. The Hall–Kier alpha value is -2.87. The summed E-state index contributed by atoms with van der Waals surface area (Å²) in [6.45, 7) is 0. The van der Waals surface area contributed by atoms with Crippen molar-refractivity contribution in [1.82, 2.24) is 4.98 Å². The third-order valence-corrected chi connectivity index (χ3v) is 5.45. The van der Waals surface area contributed by atoms with Crippen LogP contribution in [0.15, 0.2) is 56.6 Å². The number of benzene rings is 2. The number of anilines is 1. The Bertz CT molecular complexity index is 1120. The predicted octanol–water partition coefficient (Wildman–Crippen LogP) is 2.51. The minimum Gasteiger partial charge on any atom is -0.408 e. The largest absolute Gasteiger partial charge is 0.417 e. The number of hydrogen-bond acceptors (Lipinski definition) is 5. The van der Waals surface area contributed by atoms with E-state index in [1.807, 2.05) is 0 Å². The molecule has 1 fully saturated rings. The summed E-state index contributed by atoms with van der Waals surface area (Å²) in [7, 11) is -3.84. The maximum atomic E-state index is 12.5. The summed E-state index contributed by atoms with van der Waals surface area (Å²) in [4.78, 5) is 25.6. The van der Waals surface area contributed by atoms with Gasteiger partial charge in [0.1, 0.15) is 0 Å². The van der Waals surface area contributed by atoms with Crippen molar-refractivity contribution < 1.29 is 17.6 Å². The number of Topliss-reactive ketones (excluding diaryl/α,β-unsaturated/α-hetero) is 1. The van der Waals surface area contributed by atoms with E-state index in [0.717, 1.165) is 12.8 Å². The van der Waals surface area contributed by atoms with Crippen LogP contribution in [0, 0.1) is 5.92 Å². The molecule has 1 aromatic heterocycles. The minimum absolute atomic E-state index is 0.0270. The topological polar surface area (TPSA) is 109 Å². The van der Waals surface area contributed by atoms with Crippen molar-refractivity contribution >= 4 is 32.6 Å². The lowest BCUT2D eigenvalue weighted by atomic mass is 10.1. The van der Waals surface area contributed by atoms with Gasteiger partial charge in [0, 0.05) is 23.2 Å². The lowest BCUT2D eigenvalue weighted by molar-refractivity contribution is 0.0967. The third kappa shape index (κ3) is 3.08. The predicted molar refractivity (Wildman–Crippen MR) is 91.1 cm³/mol. The average Bonchev–Trinajstić information content (AvgIpc) is 3.35. The third-order valence-electron chi connectivity index (χ3n) is 4.07. The van der Waals surface area contributed by atoms with E-state index in [1.165, 1.54) is 18.2 Å². The summed E-state index contributed by atoms with van der Waals surface area (Å²) in [5.41, 5.74) is 1.52. The first-order chi connectivity index (χ1) is 11.9. The van der Waals surface area contributed by atoms with Crippen molar-refractivity contribution in [3.63, 3.8) is 0 Å². The minimum atomic E-state index is -3.84. The first-order valence-electron chi connectivity index (χ1n) is 7.72. The standard InChI is InChI=1S/C17H14N2O5S/c20-16(10-1-2-10)11-3-5-12(6-4-11)19-25(22,23)13-7-8-14-15(9-13)24-17(21)18-14/h3-10,19H,1-2H2,(H,18,21). The zero-order valence-electron chi connectivity index (χ0n) is 13.0. The molecule has 4 rings (SSSR count). The molecule has 0 radical (unpaired) electrons. The summed E-state index contributed by atoms with van der Waals surface area (Å²) < 4.78 is 32.3. The Morgan fingerprint density at radius 3 is 2.52 bits per heavy atom. The van der Waals surface area contributed by atoms with Gasteiger partial charge in [-0.3, -0.25) is 14.5 Å². The van der Waals surface area contributed by atoms with E-state index in [0.29, 0.717) is 16.8 Å². The van der Waals surface area contributed by atoms with E-state index in [1.54, 1.807) is 24.3 Å². The Morgan fingerprint density at radius 2 is 1.84 bits per heavy atom. The smallest absolute Gasteiger partial charge is 0.408 e. The van der Waals surface area contributed by atoms with E-state index in [-0.39, 0.29) is 22.2 Å². The van der Waals surface area contributed by atoms with Gasteiger partial charge in [-0.05, 0) is 49.2 Å². The molecule has 8 heteroatoms. The fourth-order valence-corrected chi connectivity index (χ4v) is 3.66. The number of aromatic amines is 1. The number of aromatic nitrogens is 1. The number of oxazole rings is 1. The van der Waals surface area contributed by atoms with Gasteiger partial charge in [-0.1, -0.05) is 0 Å². The maximum Gasteiger partial charge on any atom is 0.417 e. The molecule has 1 aliphatic rings. The Labute approximate surface area is 142 Å². The molecule has 128 valence electrons. The van der Waals surface area contributed by atoms with Crippen molar-refractivity contribution in [3.05, 3.63) is 58.6 Å². The number of fused-ring (bicyclic) bond motifs is 1. The summed E-state index contributed by atoms with van der Waals surface area (Å²) in [5, 5.41) is 0. The van der Waals surface area contributed by atoms with Gasteiger partial charge in [0.25, 0.3) is 10.0 Å². The van der Waals surface area contributed by atoms with Gasteiger partial charge >= 0.3 is 5.76 Å². The molecule has 1 aliphatic carbocycles. The molecule has 0 atom stereocenters. The Morgan fingerprint density at radius 1 is 1.12 bits per heavy atom. The zero-order chi connectivity index (χ0) is 17.6. The highest BCUT2D eigenvalue weighted by Gasteiger charge is 2.30. The molecule has 0 amide bonds. The normalized spacial score (nSPS) is 14.6. The van der Waals surface area contributed by atoms with Crippen LogP contribution in [0.2, 0.25) is 0 Å². The van der Waals surface area contributed by atoms with Gasteiger partial charge in [-0.2, -0.15) is 0 Å². The van der Waals surface area contributed by atoms with Crippen LogP contribution < -0.4 is 10.5 Å². The fraction of sp³-hybridized carbons (Fsp3) is 0.176. The molecule has 2 N–H and O–H groups in total. The number of hydrogen-bond donors (Lipinski definition) is 2. The van der Waals surface area contributed by atoms with Crippen LogP contribution >= 0.6 is 0 Å². The lowest BCUT2D eigenvalue weighted by Crippen LogP contribution is -2.13. The van der Waals surface area contributed by atoms with Gasteiger partial charge in [-0.15, -0.1) is 0 Å². The quantitative estimate of drug-likeness (QED) is 0.681. The highest BCUT2D eigenvalue weighted by Crippen LogP contribution is 2.32. The molecule has 7 nitrogen and oxygen atoms in total. The van der Waals surface area contributed by atoms with E-state index in [2.05, 4.69) is 9.71 Å². The number of ketones is 1. The number of carbonyl (C=O) groups is 1. The first kappa shape index (κ1) is 15.6. The monoisotopic (exact) mass is 358 g/mol. The molecule has 25 heavy (non-hydrogen) atoms. The van der Waals surface area contributed by atoms with E-state index >= 15 is 0 Å². The molecule has 0 unspecified atom stereocenters. The summed E-state index contributed by atoms with van der Waals surface area (Å²) in [6, 6.07) is 10.5. The van der Waals surface area contributed by atoms with Gasteiger partial charge in [0.15, 0.2) is 11.4 Å². The van der Waals surface area contributed by atoms with Crippen molar-refractivity contribution in [2.45, 2.75) is 17.7 Å². The second-order valence-electron chi connectivity index (χ2n) is 5.99. The molecule has 0 bridgehead atoms. The van der Waals surface area contributed by atoms with Crippen LogP contribution in [0.25, 0.3) is 11.1 Å². The number of sulfonamides is 1. The molecular formula is C17H14N2O5S. The second kappa shape index (κ2) is 5.59. The summed E-state index contributed by atoms with van der Waals surface area (Å²) >= 11 is 0. The number of nitrogens with one attached hydrogen (secondary N) is 2. The van der Waals surface area contributed by atoms with Crippen molar-refractivity contribution in [2.24, 2.45) is 5.92 Å². The van der Waals surface area contributed by atoms with Crippen LogP contribution in [0.4, 0.5) is 5.69 Å². The first-order valence-corrected chi connectivity index (χ1v) is 9.21. The molecule has 1 heterocycles. The van der Waals surface area contributed by atoms with Crippen LogP contribution in [-0.4, -0.2) is 19.2 Å².